The zero-order chi connectivity index (χ0) is 16.5. The second-order valence-electron chi connectivity index (χ2n) is 6.10. The highest BCUT2D eigenvalue weighted by Crippen LogP contribution is 2.15. The van der Waals surface area contributed by atoms with E-state index in [1.165, 1.54) is 31.7 Å². The predicted molar refractivity (Wildman–Crippen MR) is 102 cm³/mol. The van der Waals surface area contributed by atoms with Gasteiger partial charge in [0.15, 0.2) is 5.11 Å². The number of quaternary nitrogens is 1. The lowest BCUT2D eigenvalue weighted by Gasteiger charge is -2.37. The molecule has 0 saturated carbocycles. The zero-order valence-corrected chi connectivity index (χ0v) is 15.4. The highest BCUT2D eigenvalue weighted by Gasteiger charge is 2.18. The summed E-state index contributed by atoms with van der Waals surface area (Å²) in [5, 5.41) is 4.36. The first-order valence-corrected chi connectivity index (χ1v) is 9.31. The van der Waals surface area contributed by atoms with Gasteiger partial charge in [0.05, 0.1) is 19.6 Å². The molecule has 128 valence electrons. The van der Waals surface area contributed by atoms with Gasteiger partial charge in [0, 0.05) is 44.8 Å². The Hall–Kier alpha value is -1.33. The molecule has 0 radical (unpaired) electrons. The lowest BCUT2D eigenvalue weighted by molar-refractivity contribution is -0.896. The van der Waals surface area contributed by atoms with Crippen LogP contribution in [0.4, 0.5) is 5.69 Å². The summed E-state index contributed by atoms with van der Waals surface area (Å²) in [6.45, 7) is 13.2. The molecule has 0 aromatic heterocycles. The van der Waals surface area contributed by atoms with E-state index in [0.717, 1.165) is 37.8 Å². The van der Waals surface area contributed by atoms with Gasteiger partial charge in [-0.3, -0.25) is 0 Å². The average Bonchev–Trinajstić information content (AvgIpc) is 2.62. The van der Waals surface area contributed by atoms with Crippen molar-refractivity contribution < 1.29 is 4.90 Å². The molecule has 0 bridgehead atoms. The number of piperazine rings is 1. The summed E-state index contributed by atoms with van der Waals surface area (Å²) in [7, 11) is 0. The van der Waals surface area contributed by atoms with Crippen LogP contribution in [-0.4, -0.2) is 62.4 Å². The molecule has 1 aliphatic rings. The Labute approximate surface area is 146 Å². The second-order valence-corrected chi connectivity index (χ2v) is 6.49. The Balaban J connectivity index is 1.66. The molecular formula is C18H31N4S+. The van der Waals surface area contributed by atoms with Crippen molar-refractivity contribution in [2.24, 2.45) is 0 Å². The molecule has 2 rings (SSSR count). The quantitative estimate of drug-likeness (QED) is 0.573. The lowest BCUT2D eigenvalue weighted by Crippen LogP contribution is -3.11. The predicted octanol–water partition coefficient (Wildman–Crippen LogP) is 0.998. The molecule has 0 unspecified atom stereocenters. The summed E-state index contributed by atoms with van der Waals surface area (Å²) in [6, 6.07) is 10.6. The molecule has 0 atom stereocenters. The number of rotatable bonds is 7. The van der Waals surface area contributed by atoms with Crippen LogP contribution >= 0.6 is 12.2 Å². The van der Waals surface area contributed by atoms with Crippen molar-refractivity contribution in [1.29, 1.82) is 0 Å². The van der Waals surface area contributed by atoms with Crippen LogP contribution in [0.3, 0.4) is 0 Å². The van der Waals surface area contributed by atoms with E-state index in [1.54, 1.807) is 4.90 Å². The minimum Gasteiger partial charge on any atom is -0.368 e. The molecular weight excluding hydrogens is 304 g/mol. The molecule has 1 aromatic rings. The maximum atomic E-state index is 5.55. The van der Waals surface area contributed by atoms with Crippen LogP contribution in [0.15, 0.2) is 30.3 Å². The SMILES string of the molecule is CC[NH+](CC)CCCNC(=S)N1CCN(c2ccccc2)CC1. The van der Waals surface area contributed by atoms with Crippen LogP contribution in [0.1, 0.15) is 20.3 Å². The molecule has 0 amide bonds. The van der Waals surface area contributed by atoms with Crippen molar-refractivity contribution >= 4 is 23.0 Å². The molecule has 2 N–H and O–H groups in total. The first kappa shape index (κ1) is 18.0. The van der Waals surface area contributed by atoms with E-state index in [1.807, 2.05) is 0 Å². The molecule has 1 aromatic carbocycles. The largest absolute Gasteiger partial charge is 0.368 e. The van der Waals surface area contributed by atoms with E-state index in [2.05, 4.69) is 59.3 Å². The zero-order valence-electron chi connectivity index (χ0n) is 14.6. The molecule has 1 aliphatic heterocycles. The standard InChI is InChI=1S/C18H30N4S/c1-3-20(4-2)12-8-11-19-18(23)22-15-13-21(14-16-22)17-9-6-5-7-10-17/h5-7,9-10H,3-4,8,11-16H2,1-2H3,(H,19,23)/p+1. The number of benzene rings is 1. The van der Waals surface area contributed by atoms with E-state index in [4.69, 9.17) is 12.2 Å². The third-order valence-corrected chi connectivity index (χ3v) is 5.07. The van der Waals surface area contributed by atoms with Crippen LogP contribution in [0.5, 0.6) is 0 Å². The fourth-order valence-electron chi connectivity index (χ4n) is 3.06. The smallest absolute Gasteiger partial charge is 0.169 e. The minimum absolute atomic E-state index is 0.923. The maximum Gasteiger partial charge on any atom is 0.169 e. The second kappa shape index (κ2) is 9.73. The highest BCUT2D eigenvalue weighted by molar-refractivity contribution is 7.80. The molecule has 1 heterocycles. The summed E-state index contributed by atoms with van der Waals surface area (Å²) in [5.74, 6) is 0. The van der Waals surface area contributed by atoms with Gasteiger partial charge >= 0.3 is 0 Å². The topological polar surface area (TPSA) is 23.0 Å². The van der Waals surface area contributed by atoms with Crippen LogP contribution in [-0.2, 0) is 0 Å². The van der Waals surface area contributed by atoms with E-state index in [0.29, 0.717) is 0 Å². The molecule has 5 heteroatoms. The number of hydrogen-bond acceptors (Lipinski definition) is 2. The Morgan fingerprint density at radius 3 is 2.35 bits per heavy atom. The van der Waals surface area contributed by atoms with Crippen molar-refractivity contribution in [3.8, 4) is 0 Å². The van der Waals surface area contributed by atoms with Gasteiger partial charge in [-0.2, -0.15) is 0 Å². The molecule has 1 fully saturated rings. The van der Waals surface area contributed by atoms with Gasteiger partial charge in [0.2, 0.25) is 0 Å². The third kappa shape index (κ3) is 5.66. The summed E-state index contributed by atoms with van der Waals surface area (Å²) in [4.78, 5) is 6.40. The van der Waals surface area contributed by atoms with Crippen LogP contribution in [0.25, 0.3) is 0 Å². The molecule has 0 spiro atoms. The Bertz CT molecular complexity index is 453. The molecule has 1 saturated heterocycles. The number of hydrogen-bond donors (Lipinski definition) is 2. The van der Waals surface area contributed by atoms with E-state index >= 15 is 0 Å². The van der Waals surface area contributed by atoms with Crippen LogP contribution in [0.2, 0.25) is 0 Å². The number of nitrogens with one attached hydrogen (secondary N) is 2. The van der Waals surface area contributed by atoms with Crippen LogP contribution < -0.4 is 15.1 Å². The van der Waals surface area contributed by atoms with Gasteiger partial charge in [-0.25, -0.2) is 0 Å². The normalized spacial score (nSPS) is 15.1. The van der Waals surface area contributed by atoms with E-state index in [9.17, 15) is 0 Å². The van der Waals surface area contributed by atoms with Gasteiger partial charge in [-0.1, -0.05) is 18.2 Å². The van der Waals surface area contributed by atoms with E-state index in [-0.39, 0.29) is 0 Å². The average molecular weight is 336 g/mol. The Morgan fingerprint density at radius 2 is 1.74 bits per heavy atom. The first-order valence-electron chi connectivity index (χ1n) is 8.91. The van der Waals surface area contributed by atoms with Crippen molar-refractivity contribution in [3.05, 3.63) is 30.3 Å². The van der Waals surface area contributed by atoms with Crippen molar-refractivity contribution in [3.63, 3.8) is 0 Å². The van der Waals surface area contributed by atoms with Crippen molar-refractivity contribution in [2.45, 2.75) is 20.3 Å². The van der Waals surface area contributed by atoms with E-state index < -0.39 is 0 Å². The molecule has 23 heavy (non-hydrogen) atoms. The van der Waals surface area contributed by atoms with Gasteiger partial charge < -0.3 is 20.0 Å². The molecule has 0 aliphatic carbocycles. The first-order chi connectivity index (χ1) is 11.2. The minimum atomic E-state index is 0.923. The fraction of sp³-hybridized carbons (Fsp3) is 0.611. The lowest BCUT2D eigenvalue weighted by atomic mass is 10.2. The summed E-state index contributed by atoms with van der Waals surface area (Å²) >= 11 is 5.55. The number of nitrogens with zero attached hydrogens (tertiary/aromatic N) is 2. The Kier molecular flexibility index (Phi) is 7.62. The van der Waals surface area contributed by atoms with Gasteiger partial charge in [0.1, 0.15) is 0 Å². The van der Waals surface area contributed by atoms with Crippen molar-refractivity contribution in [1.82, 2.24) is 10.2 Å². The molecule has 4 nitrogen and oxygen atoms in total. The number of thiocarbonyl (C=S) groups is 1. The van der Waals surface area contributed by atoms with Gasteiger partial charge in [0.25, 0.3) is 0 Å². The summed E-state index contributed by atoms with van der Waals surface area (Å²) in [6.07, 6.45) is 1.18. The number of para-hydroxylation sites is 1. The third-order valence-electron chi connectivity index (χ3n) is 4.67. The Morgan fingerprint density at radius 1 is 1.09 bits per heavy atom. The van der Waals surface area contributed by atoms with Gasteiger partial charge in [-0.05, 0) is 38.2 Å². The number of anilines is 1. The fourth-order valence-corrected chi connectivity index (χ4v) is 3.34. The monoisotopic (exact) mass is 335 g/mol. The van der Waals surface area contributed by atoms with Gasteiger partial charge in [-0.15, -0.1) is 0 Å². The van der Waals surface area contributed by atoms with Crippen molar-refractivity contribution in [2.75, 3.05) is 57.3 Å². The highest BCUT2D eigenvalue weighted by atomic mass is 32.1. The summed E-state index contributed by atoms with van der Waals surface area (Å²) < 4.78 is 0. The maximum absolute atomic E-state index is 5.55. The van der Waals surface area contributed by atoms with Crippen LogP contribution in [0, 0.1) is 0 Å². The summed E-state index contributed by atoms with van der Waals surface area (Å²) in [5.41, 5.74) is 1.31.